The van der Waals surface area contributed by atoms with Crippen LogP contribution in [-0.4, -0.2) is 69.8 Å². The summed E-state index contributed by atoms with van der Waals surface area (Å²) in [5, 5.41) is 30.6. The molecular weight excluding hydrogens is 380 g/mol. The number of aliphatic carboxylic acids is 1. The molecule has 0 saturated carbocycles. The molecule has 10 nitrogen and oxygen atoms in total. The Morgan fingerprint density at radius 1 is 1.33 bits per heavy atom. The highest BCUT2D eigenvalue weighted by Crippen LogP contribution is 2.30. The number of aromatic hydroxyl groups is 2. The summed E-state index contributed by atoms with van der Waals surface area (Å²) in [4.78, 5) is 36.8. The topological polar surface area (TPSA) is 161 Å². The van der Waals surface area contributed by atoms with E-state index in [1.165, 1.54) is 6.07 Å². The third kappa shape index (κ3) is 3.82. The number of phenols is 2. The zero-order chi connectivity index (χ0) is 20.5. The monoisotopic (exact) mass is 400 g/mol. The Morgan fingerprint density at radius 3 is 2.41 bits per heavy atom. The number of hydrogen-bond acceptors (Lipinski definition) is 7. The Kier molecular flexibility index (Phi) is 5.64. The lowest BCUT2D eigenvalue weighted by Gasteiger charge is -2.47. The Morgan fingerprint density at radius 2 is 1.96 bits per heavy atom. The quantitative estimate of drug-likeness (QED) is 0.227. The number of β-lactam (4-membered cyclic amide) rings is 1. The molecule has 27 heavy (non-hydrogen) atoms. The first-order valence-corrected chi connectivity index (χ1v) is 9.15. The Hall–Kier alpha value is -2.82. The predicted molar refractivity (Wildman–Crippen MR) is 93.2 cm³/mol. The lowest BCUT2D eigenvalue weighted by molar-refractivity contribution is -0.162. The number of rotatable bonds is 7. The summed E-state index contributed by atoms with van der Waals surface area (Å²) in [7, 11) is -3.35. The van der Waals surface area contributed by atoms with Crippen LogP contribution >= 0.6 is 0 Å². The van der Waals surface area contributed by atoms with Crippen LogP contribution in [0.2, 0.25) is 0 Å². The van der Waals surface area contributed by atoms with Crippen molar-refractivity contribution in [2.24, 2.45) is 0 Å². The molecule has 0 aliphatic carbocycles. The Bertz CT molecular complexity index is 860. The number of carboxylic acid groups (broad SMARTS) is 1. The fourth-order valence-corrected chi connectivity index (χ4v) is 3.60. The third-order valence-electron chi connectivity index (χ3n) is 4.60. The maximum absolute atomic E-state index is 12.2. The van der Waals surface area contributed by atoms with E-state index < -0.39 is 63.4 Å². The maximum atomic E-state index is 12.2. The Labute approximate surface area is 156 Å². The number of carbonyl (C=O) groups excluding carboxylic acids is 2. The number of phenolic OH excluding ortho intramolecular Hbond substituents is 2. The van der Waals surface area contributed by atoms with Crippen molar-refractivity contribution in [3.63, 3.8) is 0 Å². The van der Waals surface area contributed by atoms with Gasteiger partial charge in [-0.1, -0.05) is 0 Å². The number of hydrogen-bond donors (Lipinski definition) is 5. The van der Waals surface area contributed by atoms with Crippen LogP contribution in [-0.2, 0) is 20.3 Å². The van der Waals surface area contributed by atoms with Crippen molar-refractivity contribution in [1.29, 1.82) is 0 Å². The van der Waals surface area contributed by atoms with E-state index in [-0.39, 0.29) is 12.0 Å². The fraction of sp³-hybridized carbons (Fsp3) is 0.438. The first-order chi connectivity index (χ1) is 12.5. The second kappa shape index (κ2) is 7.43. The van der Waals surface area contributed by atoms with Gasteiger partial charge < -0.3 is 25.5 Å². The highest BCUT2D eigenvalue weighted by atomic mass is 32.2. The molecule has 3 atom stereocenters. The molecule has 4 N–H and O–H groups in total. The van der Waals surface area contributed by atoms with E-state index in [0.29, 0.717) is 0 Å². The van der Waals surface area contributed by atoms with Crippen LogP contribution in [0, 0.1) is 0 Å². The van der Waals surface area contributed by atoms with Gasteiger partial charge in [0.15, 0.2) is 17.5 Å². The fourth-order valence-electron chi connectivity index (χ4n) is 2.96. The minimum atomic E-state index is -3.35. The first-order valence-electron chi connectivity index (χ1n) is 7.97. The molecule has 0 bridgehead atoms. The van der Waals surface area contributed by atoms with Crippen LogP contribution in [0.5, 0.6) is 11.5 Å². The molecule has 0 aromatic heterocycles. The van der Waals surface area contributed by atoms with Crippen LogP contribution < -0.4 is 5.32 Å². The van der Waals surface area contributed by atoms with Gasteiger partial charge in [-0.05, 0) is 32.0 Å². The van der Waals surface area contributed by atoms with Crippen LogP contribution in [0.3, 0.4) is 0 Å². The van der Waals surface area contributed by atoms with E-state index in [9.17, 15) is 38.1 Å². The average molecular weight is 400 g/mol. The van der Waals surface area contributed by atoms with Crippen LogP contribution in [0.1, 0.15) is 30.6 Å². The molecule has 2 amide bonds. The number of carboxylic acids is 1. The van der Waals surface area contributed by atoms with Crippen LogP contribution in [0.25, 0.3) is 0 Å². The molecule has 11 heteroatoms. The molecule has 0 unspecified atom stereocenters. The van der Waals surface area contributed by atoms with Gasteiger partial charge in [0, 0.05) is 24.6 Å². The molecule has 0 spiro atoms. The van der Waals surface area contributed by atoms with E-state index in [2.05, 4.69) is 5.32 Å². The number of thiol groups is 1. The summed E-state index contributed by atoms with van der Waals surface area (Å²) >= 11 is 0. The van der Waals surface area contributed by atoms with E-state index in [4.69, 9.17) is 0 Å². The zero-order valence-corrected chi connectivity index (χ0v) is 15.5. The van der Waals surface area contributed by atoms with Crippen LogP contribution in [0.4, 0.5) is 0 Å². The lowest BCUT2D eigenvalue weighted by Crippen LogP contribution is -2.68. The zero-order valence-electron chi connectivity index (χ0n) is 14.6. The van der Waals surface area contributed by atoms with Gasteiger partial charge in [-0.2, -0.15) is 0 Å². The van der Waals surface area contributed by atoms with Crippen molar-refractivity contribution in [2.45, 2.75) is 37.1 Å². The molecular formula is C16H20N2O8S. The molecule has 1 fully saturated rings. The summed E-state index contributed by atoms with van der Waals surface area (Å²) in [6.07, 6.45) is 0.120. The van der Waals surface area contributed by atoms with E-state index in [1.54, 1.807) is 6.92 Å². The summed E-state index contributed by atoms with van der Waals surface area (Å²) in [6, 6.07) is 1.17. The molecule has 1 aromatic carbocycles. The van der Waals surface area contributed by atoms with Crippen molar-refractivity contribution in [2.75, 3.05) is 6.54 Å². The molecule has 1 saturated heterocycles. The highest BCUT2D eigenvalue weighted by molar-refractivity contribution is 7.74. The second-order valence-corrected chi connectivity index (χ2v) is 8.13. The SMILES string of the molecule is C[C@@H]1CC(=O)N1[C@@H](C(=O)O)[C@](C)(CNC(=O)c1ccc(O)c(O)c1)[SH](=O)=O. The maximum Gasteiger partial charge on any atom is 0.328 e. The lowest BCUT2D eigenvalue weighted by atomic mass is 9.91. The molecule has 1 aliphatic heterocycles. The molecule has 0 radical (unpaired) electrons. The van der Waals surface area contributed by atoms with Crippen molar-refractivity contribution in [3.05, 3.63) is 23.8 Å². The smallest absolute Gasteiger partial charge is 0.328 e. The number of benzene rings is 1. The van der Waals surface area contributed by atoms with Gasteiger partial charge in [-0.15, -0.1) is 0 Å². The van der Waals surface area contributed by atoms with E-state index >= 15 is 0 Å². The Balaban J connectivity index is 2.27. The molecule has 2 rings (SSSR count). The van der Waals surface area contributed by atoms with Gasteiger partial charge in [0.1, 0.15) is 15.5 Å². The number of nitrogens with one attached hydrogen (secondary N) is 1. The van der Waals surface area contributed by atoms with Crippen LogP contribution in [0.15, 0.2) is 18.2 Å². The molecule has 1 aliphatic rings. The largest absolute Gasteiger partial charge is 0.504 e. The minimum absolute atomic E-state index is 0.0611. The average Bonchev–Trinajstić information content (AvgIpc) is 2.59. The number of amides is 2. The van der Waals surface area contributed by atoms with E-state index in [0.717, 1.165) is 24.0 Å². The van der Waals surface area contributed by atoms with Crippen molar-refractivity contribution in [3.8, 4) is 11.5 Å². The number of nitrogens with zero attached hydrogens (tertiary/aromatic N) is 1. The summed E-state index contributed by atoms with van der Waals surface area (Å²) in [5.41, 5.74) is -0.0611. The predicted octanol–water partition coefficient (Wildman–Crippen LogP) is -0.728. The second-order valence-electron chi connectivity index (χ2n) is 6.60. The van der Waals surface area contributed by atoms with Gasteiger partial charge in [0.2, 0.25) is 5.91 Å². The number of likely N-dealkylation sites (tertiary alicyclic amines) is 1. The summed E-state index contributed by atoms with van der Waals surface area (Å²) < 4.78 is 21.8. The molecule has 148 valence electrons. The van der Waals surface area contributed by atoms with Crippen molar-refractivity contribution < 1.29 is 38.1 Å². The number of carbonyl (C=O) groups is 3. The van der Waals surface area contributed by atoms with E-state index in [1.807, 2.05) is 0 Å². The third-order valence-corrected chi connectivity index (χ3v) is 5.83. The highest BCUT2D eigenvalue weighted by Gasteiger charge is 2.52. The van der Waals surface area contributed by atoms with Crippen molar-refractivity contribution in [1.82, 2.24) is 10.2 Å². The van der Waals surface area contributed by atoms with Gasteiger partial charge in [-0.25, -0.2) is 13.2 Å². The summed E-state index contributed by atoms with van der Waals surface area (Å²) in [5.74, 6) is -3.72. The molecule has 1 aromatic rings. The van der Waals surface area contributed by atoms with Gasteiger partial charge >= 0.3 is 5.97 Å². The summed E-state index contributed by atoms with van der Waals surface area (Å²) in [6.45, 7) is 2.18. The van der Waals surface area contributed by atoms with Gasteiger partial charge in [-0.3, -0.25) is 9.59 Å². The van der Waals surface area contributed by atoms with Crippen molar-refractivity contribution >= 4 is 28.5 Å². The van der Waals surface area contributed by atoms with Gasteiger partial charge in [0.25, 0.3) is 5.91 Å². The molecule has 1 heterocycles. The first kappa shape index (κ1) is 20.5. The minimum Gasteiger partial charge on any atom is -0.504 e. The standard InChI is InChI=1S/C16H20N2O8S/c1-8-5-12(21)18(8)13(15(23)24)16(2,27(25)26)7-17-14(22)9-3-4-10(19)11(20)6-9/h3-4,6,8,13,19-20,27H,5,7H2,1-2H3,(H,17,22)(H,23,24)/t8-,13+,16+/m1/s1. The van der Waals surface area contributed by atoms with Gasteiger partial charge in [0.05, 0.1) is 0 Å². The normalized spacial score (nSPS) is 19.9.